The molecule has 0 aromatic rings. The molecule has 0 heterocycles. The lowest BCUT2D eigenvalue weighted by Gasteiger charge is -2.21. The van der Waals surface area contributed by atoms with E-state index in [4.69, 9.17) is 43.7 Å². The Morgan fingerprint density at radius 1 is 0.467 bits per heavy atom. The van der Waals surface area contributed by atoms with E-state index in [0.29, 0.717) is 89.2 Å². The zero-order chi connectivity index (χ0) is 95.8. The Labute approximate surface area is 740 Å². The van der Waals surface area contributed by atoms with Crippen molar-refractivity contribution in [3.63, 3.8) is 0 Å². The molecule has 8 N–H and O–H groups in total. The Morgan fingerprint density at radius 2 is 0.893 bits per heavy atom. The molecule has 31 nitrogen and oxygen atoms in total. The smallest absolute Gasteiger partial charge is 0.328 e. The van der Waals surface area contributed by atoms with Gasteiger partial charge in [-0.25, -0.2) is 4.79 Å². The van der Waals surface area contributed by atoms with Crippen LogP contribution in [-0.4, -0.2) is 258 Å². The highest BCUT2D eigenvalue weighted by Crippen LogP contribution is 2.25. The van der Waals surface area contributed by atoms with E-state index in [0.717, 1.165) is 115 Å². The van der Waals surface area contributed by atoms with Crippen LogP contribution in [0.3, 0.4) is 0 Å². The molecule has 0 aliphatic rings. The number of carbonyl (C=O) groups excluding carboxylic acids is 11. The Hall–Kier alpha value is -7.00. The third-order valence-electron chi connectivity index (χ3n) is 18.0. The Bertz CT molecular complexity index is 2650. The number of esters is 6. The number of carboxylic acids is 4. The fourth-order valence-electron chi connectivity index (χ4n) is 8.68. The first kappa shape index (κ1) is 133. The van der Waals surface area contributed by atoms with Crippen LogP contribution in [0, 0.1) is 21.7 Å². The third-order valence-corrected chi connectivity index (χ3v) is 19.4. The van der Waals surface area contributed by atoms with Crippen molar-refractivity contribution in [3.05, 3.63) is 12.2 Å². The van der Waals surface area contributed by atoms with Gasteiger partial charge in [0, 0.05) is 101 Å². The molecule has 0 aromatic heterocycles. The van der Waals surface area contributed by atoms with Gasteiger partial charge in [0.1, 0.15) is 32.5 Å². The number of ether oxygens (including phenoxy) is 6. The molecule has 0 aliphatic carbocycles. The second kappa shape index (κ2) is 91.7. The standard InChI is InChI=1S/C18H35NO3.C18H32O7S.C14H26O4.C10H21NO2.C8H15NO3.C8H13NO3.C6H12O3.2C4H11N/c1-4-6-7-8-11-14-18(21)22-16-12-9-10-13-17(20)19(3)15-5-2;1-7-17(2,3)16(22)25-11-13(19)10-24-14(20)8-9-26-12-18(4,5)15(21)23-6;1-2-3-4-5-8-11-14(17)18-12-9-6-7-10-13(15)16;1-6-10(2,3)9(12)13-8-7-11(4)5;1-4-8(2,3)7(12)9-5-6(10)11;1-3-6-9(2)7(10)4-5-8(11)12;7-5-3-1-2-4-6(8)9;2*1-3-4-5-2/h4-16H2,1-3H3;13,19H,7-12H2,1-6H3;2-12H2,1H3,(H,15,16);6-8H2,1-5H3;4-5H2,1-3H3,(H,9,12)(H,10,11);4-5H,3,6H2,1-2H3,(H,11,12);7H,1-5H2,(H,8,9);2*5H,3-4H2,1-2H3/p-1. The number of aliphatic carboxylic acids is 4. The molecule has 1 unspecified atom stereocenters. The summed E-state index contributed by atoms with van der Waals surface area (Å²) < 4.78 is 30.1. The number of aliphatic hydroxyl groups is 2. The Kier molecular flexibility index (Phi) is 100.0. The zero-order valence-corrected chi connectivity index (χ0v) is 81.3. The largest absolute Gasteiger partial charge is 0.550 e. The highest BCUT2D eigenvalue weighted by molar-refractivity contribution is 7.99. The van der Waals surface area contributed by atoms with Gasteiger partial charge in [-0.05, 0) is 191 Å². The van der Waals surface area contributed by atoms with E-state index in [9.17, 15) is 77.6 Å². The lowest BCUT2D eigenvalue weighted by molar-refractivity contribution is -0.626. The number of amides is 3. The highest BCUT2D eigenvalue weighted by atomic mass is 32.2. The monoisotopic (exact) mass is 1770 g/mol. The molecule has 0 fully saturated rings. The molecule has 122 heavy (non-hydrogen) atoms. The van der Waals surface area contributed by atoms with Gasteiger partial charge in [-0.15, -0.1) is 0 Å². The van der Waals surface area contributed by atoms with Crippen molar-refractivity contribution in [2.24, 2.45) is 21.7 Å². The predicted molar refractivity (Wildman–Crippen MR) is 479 cm³/mol. The molecule has 1 atom stereocenters. The van der Waals surface area contributed by atoms with E-state index in [1.165, 1.54) is 81.7 Å². The number of carbonyl (C=O) groups is 13. The van der Waals surface area contributed by atoms with Crippen molar-refractivity contribution in [2.75, 3.05) is 140 Å². The van der Waals surface area contributed by atoms with Crippen LogP contribution in [0.1, 0.15) is 323 Å². The number of nitrogens with two attached hydrogens (primary N) is 1. The molecule has 722 valence electrons. The number of thioether (sulfide) groups is 1. The van der Waals surface area contributed by atoms with Crippen LogP contribution in [0.25, 0.3) is 0 Å². The van der Waals surface area contributed by atoms with E-state index in [1.807, 2.05) is 74.6 Å². The van der Waals surface area contributed by atoms with Crippen LogP contribution in [0.5, 0.6) is 0 Å². The Balaban J connectivity index is -0.000000175. The van der Waals surface area contributed by atoms with Gasteiger partial charge in [0.15, 0.2) is 0 Å². The second-order valence-corrected chi connectivity index (χ2v) is 33.2. The van der Waals surface area contributed by atoms with E-state index in [2.05, 4.69) is 57.6 Å². The van der Waals surface area contributed by atoms with Crippen molar-refractivity contribution >= 4 is 89.2 Å². The SMILES string of the molecule is CCC(C)(C)C(=O)NCC(=O)O.CCC(C)(C)C(=O)OCC(O)COC(=O)CCSCC(C)(C)C(=O)OC.CCC(C)(C)C(=O)OCCN(C)C.CCCCCCCC(=O)OCCCCCC(=O)N(C)CCC.CCCCCCCC(=O)OCCCCCC(=O)[O-].CCCN(C)C(=O)C=CC(=O)O.CCCNC.CCC[NH2+]C.O=C([O-])CCCCCO. The van der Waals surface area contributed by atoms with Gasteiger partial charge < -0.3 is 99.3 Å². The quantitative estimate of drug-likeness (QED) is 0.0129. The van der Waals surface area contributed by atoms with E-state index in [-0.39, 0.29) is 92.6 Å². The number of quaternary nitrogens is 1. The van der Waals surface area contributed by atoms with Crippen LogP contribution in [0.15, 0.2) is 12.2 Å². The fraction of sp³-hybridized carbons (Fsp3) is 0.833. The van der Waals surface area contributed by atoms with E-state index in [1.54, 1.807) is 53.5 Å². The summed E-state index contributed by atoms with van der Waals surface area (Å²) in [4.78, 5) is 148. The van der Waals surface area contributed by atoms with Crippen LogP contribution < -0.4 is 26.2 Å². The van der Waals surface area contributed by atoms with Gasteiger partial charge in [0.25, 0.3) is 0 Å². The number of hydrogen-bond donors (Lipinski definition) is 7. The summed E-state index contributed by atoms with van der Waals surface area (Å²) in [5, 5.41) is 62.0. The summed E-state index contributed by atoms with van der Waals surface area (Å²) in [5.74, 6) is -4.85. The third kappa shape index (κ3) is 102. The lowest BCUT2D eigenvalue weighted by atomic mass is 9.89. The van der Waals surface area contributed by atoms with E-state index >= 15 is 0 Å². The molecule has 0 spiro atoms. The maximum Gasteiger partial charge on any atom is 0.328 e. The summed E-state index contributed by atoms with van der Waals surface area (Å²) in [6.45, 7) is 38.4. The maximum atomic E-state index is 11.8. The Morgan fingerprint density at radius 3 is 1.27 bits per heavy atom. The molecule has 0 rings (SSSR count). The predicted octanol–water partition coefficient (Wildman–Crippen LogP) is 10.9. The number of nitrogens with zero attached hydrogens (tertiary/aromatic N) is 3. The van der Waals surface area contributed by atoms with Gasteiger partial charge in [-0.1, -0.05) is 134 Å². The number of carboxylic acid groups (broad SMARTS) is 4. The molecule has 32 heteroatoms. The molecular weight excluding hydrogens is 1600 g/mol. The number of rotatable bonds is 60. The number of unbranched alkanes of at least 4 members (excludes halogenated alkanes) is 14. The summed E-state index contributed by atoms with van der Waals surface area (Å²) >= 11 is 1.45. The summed E-state index contributed by atoms with van der Waals surface area (Å²) in [6.07, 6.45) is 27.6. The average Bonchev–Trinajstić information content (AvgIpc) is 0.942. The van der Waals surface area contributed by atoms with Crippen molar-refractivity contribution in [1.82, 2.24) is 25.3 Å². The van der Waals surface area contributed by atoms with Gasteiger partial charge in [0.05, 0.1) is 56.6 Å². The molecule has 0 aliphatic heterocycles. The maximum absolute atomic E-state index is 11.8. The van der Waals surface area contributed by atoms with Crippen molar-refractivity contribution < 1.29 is 127 Å². The van der Waals surface area contributed by atoms with Crippen LogP contribution >= 0.6 is 11.8 Å². The van der Waals surface area contributed by atoms with Gasteiger partial charge in [-0.2, -0.15) is 11.8 Å². The van der Waals surface area contributed by atoms with Crippen molar-refractivity contribution in [1.29, 1.82) is 0 Å². The van der Waals surface area contributed by atoms with Gasteiger partial charge >= 0.3 is 47.8 Å². The van der Waals surface area contributed by atoms with E-state index < -0.39 is 58.2 Å². The number of likely N-dealkylation sites (N-methyl/N-ethyl adjacent to an activating group) is 2. The minimum Gasteiger partial charge on any atom is -0.550 e. The zero-order valence-electron chi connectivity index (χ0n) is 80.4. The first-order chi connectivity index (χ1) is 57.2. The molecule has 0 bridgehead atoms. The highest BCUT2D eigenvalue weighted by Gasteiger charge is 2.30. The number of nitrogens with one attached hydrogen (secondary N) is 2. The number of hydrogen-bond acceptors (Lipinski definition) is 26. The summed E-state index contributed by atoms with van der Waals surface area (Å²) in [5.41, 5.74) is -2.04. The first-order valence-corrected chi connectivity index (χ1v) is 45.5. The van der Waals surface area contributed by atoms with Crippen molar-refractivity contribution in [3.8, 4) is 0 Å². The molecule has 0 radical (unpaired) electrons. The molecule has 0 saturated carbocycles. The first-order valence-electron chi connectivity index (χ1n) is 44.3. The fourth-order valence-corrected chi connectivity index (χ4v) is 9.77. The molecule has 3 amide bonds. The normalized spacial score (nSPS) is 10.9. The molecule has 0 saturated heterocycles. The minimum absolute atomic E-state index is 0.0738. The lowest BCUT2D eigenvalue weighted by Crippen LogP contribution is -2.79. The topological polar surface area (TPSA) is 455 Å². The van der Waals surface area contributed by atoms with Crippen LogP contribution in [-0.2, 0) is 90.8 Å². The number of methoxy groups -OCH3 is 1. The average molecular weight is 1770 g/mol. The summed E-state index contributed by atoms with van der Waals surface area (Å²) in [6, 6.07) is 0. The molecule has 0 aromatic carbocycles. The van der Waals surface area contributed by atoms with Gasteiger partial charge in [0.2, 0.25) is 17.7 Å². The minimum atomic E-state index is -1.10. The second-order valence-electron chi connectivity index (χ2n) is 32.1. The van der Waals surface area contributed by atoms with Crippen LogP contribution in [0.2, 0.25) is 0 Å². The van der Waals surface area contributed by atoms with Gasteiger partial charge in [-0.3, -0.25) is 47.9 Å². The number of aliphatic hydroxyl groups excluding tert-OH is 2. The molecular formula is C90H175N6O25S-. The van der Waals surface area contributed by atoms with Crippen LogP contribution in [0.4, 0.5) is 0 Å². The summed E-state index contributed by atoms with van der Waals surface area (Å²) in [7, 11) is 12.8. The van der Waals surface area contributed by atoms with Crippen molar-refractivity contribution in [2.45, 2.75) is 329 Å².